The second-order valence-corrected chi connectivity index (χ2v) is 6.27. The van der Waals surface area contributed by atoms with E-state index in [-0.39, 0.29) is 11.8 Å². The Kier molecular flexibility index (Phi) is 3.05. The number of anilines is 1. The van der Waals surface area contributed by atoms with Crippen molar-refractivity contribution in [1.82, 2.24) is 4.98 Å². The summed E-state index contributed by atoms with van der Waals surface area (Å²) >= 11 is 1.64. The number of benzene rings is 2. The van der Waals surface area contributed by atoms with Gasteiger partial charge in [0, 0.05) is 22.2 Å². The van der Waals surface area contributed by atoms with Crippen LogP contribution in [0.5, 0.6) is 0 Å². The van der Waals surface area contributed by atoms with E-state index in [2.05, 4.69) is 28.9 Å². The van der Waals surface area contributed by atoms with E-state index in [0.717, 1.165) is 33.1 Å². The van der Waals surface area contributed by atoms with E-state index in [0.29, 0.717) is 0 Å². The van der Waals surface area contributed by atoms with E-state index >= 15 is 0 Å². The molecule has 1 N–H and O–H groups in total. The summed E-state index contributed by atoms with van der Waals surface area (Å²) in [5.41, 5.74) is 5.11. The van der Waals surface area contributed by atoms with Gasteiger partial charge in [0.1, 0.15) is 5.01 Å². The van der Waals surface area contributed by atoms with Gasteiger partial charge in [-0.05, 0) is 24.6 Å². The van der Waals surface area contributed by atoms with Crippen LogP contribution in [-0.2, 0) is 4.79 Å². The summed E-state index contributed by atoms with van der Waals surface area (Å²) in [6.45, 7) is 1.93. The quantitative estimate of drug-likeness (QED) is 0.755. The average Bonchev–Trinajstić information content (AvgIpc) is 3.14. The van der Waals surface area contributed by atoms with Crippen LogP contribution < -0.4 is 5.32 Å². The number of fused-ring (bicyclic) bond motifs is 1. The summed E-state index contributed by atoms with van der Waals surface area (Å²) < 4.78 is 0. The molecule has 1 aliphatic heterocycles. The van der Waals surface area contributed by atoms with Crippen LogP contribution in [0.2, 0.25) is 0 Å². The van der Waals surface area contributed by atoms with Crippen molar-refractivity contribution in [2.24, 2.45) is 0 Å². The minimum atomic E-state index is -0.0952. The molecule has 1 amide bonds. The number of rotatable bonds is 2. The van der Waals surface area contributed by atoms with E-state index < -0.39 is 0 Å². The lowest BCUT2D eigenvalue weighted by Crippen LogP contribution is -2.08. The van der Waals surface area contributed by atoms with Gasteiger partial charge in [-0.2, -0.15) is 0 Å². The van der Waals surface area contributed by atoms with Crippen LogP contribution in [-0.4, -0.2) is 10.9 Å². The maximum Gasteiger partial charge on any atom is 0.231 e. The average molecular weight is 306 g/mol. The predicted octanol–water partition coefficient (Wildman–Crippen LogP) is 4.53. The third kappa shape index (κ3) is 2.12. The second-order valence-electron chi connectivity index (χ2n) is 5.42. The first kappa shape index (κ1) is 13.2. The fourth-order valence-corrected chi connectivity index (χ4v) is 3.53. The van der Waals surface area contributed by atoms with Crippen molar-refractivity contribution in [3.8, 4) is 21.8 Å². The molecule has 0 bridgehead atoms. The molecule has 108 valence electrons. The van der Waals surface area contributed by atoms with Gasteiger partial charge in [0.15, 0.2) is 0 Å². The molecular weight excluding hydrogens is 292 g/mol. The van der Waals surface area contributed by atoms with Gasteiger partial charge in [-0.15, -0.1) is 11.3 Å². The van der Waals surface area contributed by atoms with Crippen molar-refractivity contribution < 1.29 is 4.79 Å². The van der Waals surface area contributed by atoms with E-state index in [1.165, 1.54) is 0 Å². The van der Waals surface area contributed by atoms with Gasteiger partial charge in [-0.25, -0.2) is 4.98 Å². The van der Waals surface area contributed by atoms with Gasteiger partial charge in [0.05, 0.1) is 11.6 Å². The molecule has 1 aromatic heterocycles. The zero-order chi connectivity index (χ0) is 15.1. The minimum Gasteiger partial charge on any atom is -0.325 e. The Balaban J connectivity index is 1.72. The molecule has 4 rings (SSSR count). The molecule has 0 unspecified atom stereocenters. The van der Waals surface area contributed by atoms with Crippen LogP contribution in [0.3, 0.4) is 0 Å². The number of hydrogen-bond acceptors (Lipinski definition) is 3. The molecule has 0 fully saturated rings. The molecule has 2 aromatic carbocycles. The smallest absolute Gasteiger partial charge is 0.231 e. The Hall–Kier alpha value is -2.46. The lowest BCUT2D eigenvalue weighted by atomic mass is 9.99. The molecule has 0 radical (unpaired) electrons. The standard InChI is InChI=1S/C18H14N2OS/c1-11-14-9-13(7-8-15(14)19-17(11)21)16-10-22-18(20-16)12-5-3-2-4-6-12/h2-11H,1H3,(H,19,21)/t11-/m1/s1. The SMILES string of the molecule is C[C@H]1C(=O)Nc2ccc(-c3csc(-c4ccccc4)n3)cc21. The van der Waals surface area contributed by atoms with Crippen molar-refractivity contribution in [2.75, 3.05) is 5.32 Å². The van der Waals surface area contributed by atoms with Crippen molar-refractivity contribution in [1.29, 1.82) is 0 Å². The van der Waals surface area contributed by atoms with Crippen LogP contribution in [0, 0.1) is 0 Å². The van der Waals surface area contributed by atoms with Gasteiger partial charge in [0.25, 0.3) is 0 Å². The number of hydrogen-bond donors (Lipinski definition) is 1. The van der Waals surface area contributed by atoms with Crippen LogP contribution in [0.4, 0.5) is 5.69 Å². The highest BCUT2D eigenvalue weighted by Crippen LogP contribution is 2.36. The Bertz CT molecular complexity index is 855. The van der Waals surface area contributed by atoms with Gasteiger partial charge in [-0.1, -0.05) is 36.4 Å². The molecule has 0 saturated heterocycles. The predicted molar refractivity (Wildman–Crippen MR) is 90.0 cm³/mol. The summed E-state index contributed by atoms with van der Waals surface area (Å²) in [6, 6.07) is 16.2. The van der Waals surface area contributed by atoms with Gasteiger partial charge in [0.2, 0.25) is 5.91 Å². The third-order valence-corrected chi connectivity index (χ3v) is 4.88. The monoisotopic (exact) mass is 306 g/mol. The Morgan fingerprint density at radius 2 is 1.91 bits per heavy atom. The molecule has 3 aromatic rings. The molecule has 22 heavy (non-hydrogen) atoms. The number of carbonyl (C=O) groups excluding carboxylic acids is 1. The highest BCUT2D eigenvalue weighted by molar-refractivity contribution is 7.13. The second kappa shape index (κ2) is 5.07. The third-order valence-electron chi connectivity index (χ3n) is 3.99. The highest BCUT2D eigenvalue weighted by atomic mass is 32.1. The number of nitrogens with zero attached hydrogens (tertiary/aromatic N) is 1. The summed E-state index contributed by atoms with van der Waals surface area (Å²) in [5, 5.41) is 5.98. The lowest BCUT2D eigenvalue weighted by molar-refractivity contribution is -0.116. The fraction of sp³-hybridized carbons (Fsp3) is 0.111. The van der Waals surface area contributed by atoms with Crippen LogP contribution in [0.25, 0.3) is 21.8 Å². The molecule has 0 saturated carbocycles. The molecule has 2 heterocycles. The van der Waals surface area contributed by atoms with Crippen LogP contribution in [0.1, 0.15) is 18.4 Å². The van der Waals surface area contributed by atoms with Crippen LogP contribution in [0.15, 0.2) is 53.9 Å². The molecule has 0 aliphatic carbocycles. The highest BCUT2D eigenvalue weighted by Gasteiger charge is 2.26. The normalized spacial score (nSPS) is 16.4. The maximum absolute atomic E-state index is 11.7. The van der Waals surface area contributed by atoms with Crippen molar-refractivity contribution in [3.63, 3.8) is 0 Å². The minimum absolute atomic E-state index is 0.0652. The molecule has 0 spiro atoms. The number of nitrogens with one attached hydrogen (secondary N) is 1. The zero-order valence-corrected chi connectivity index (χ0v) is 12.9. The molecule has 4 heteroatoms. The molecule has 1 atom stereocenters. The zero-order valence-electron chi connectivity index (χ0n) is 12.0. The molecular formula is C18H14N2OS. The number of thiazole rings is 1. The summed E-state index contributed by atoms with van der Waals surface area (Å²) in [4.78, 5) is 16.5. The maximum atomic E-state index is 11.7. The largest absolute Gasteiger partial charge is 0.325 e. The lowest BCUT2D eigenvalue weighted by Gasteiger charge is -2.04. The number of aromatic nitrogens is 1. The van der Waals surface area contributed by atoms with Gasteiger partial charge in [-0.3, -0.25) is 4.79 Å². The fourth-order valence-electron chi connectivity index (χ4n) is 2.70. The number of carbonyl (C=O) groups is 1. The van der Waals surface area contributed by atoms with Crippen LogP contribution >= 0.6 is 11.3 Å². The molecule has 1 aliphatic rings. The topological polar surface area (TPSA) is 42.0 Å². The summed E-state index contributed by atoms with van der Waals surface area (Å²) in [6.07, 6.45) is 0. The van der Waals surface area contributed by atoms with Gasteiger partial charge < -0.3 is 5.32 Å². The van der Waals surface area contributed by atoms with E-state index in [1.54, 1.807) is 11.3 Å². The Morgan fingerprint density at radius 3 is 2.73 bits per heavy atom. The van der Waals surface area contributed by atoms with Gasteiger partial charge >= 0.3 is 0 Å². The van der Waals surface area contributed by atoms with E-state index in [1.807, 2.05) is 37.3 Å². The summed E-state index contributed by atoms with van der Waals surface area (Å²) in [5.74, 6) is -0.0300. The van der Waals surface area contributed by atoms with E-state index in [4.69, 9.17) is 4.98 Å². The summed E-state index contributed by atoms with van der Waals surface area (Å²) in [7, 11) is 0. The van der Waals surface area contributed by atoms with Crippen molar-refractivity contribution in [3.05, 3.63) is 59.5 Å². The Labute approximate surface area is 132 Å². The van der Waals surface area contributed by atoms with E-state index in [9.17, 15) is 4.79 Å². The number of amides is 1. The first-order valence-corrected chi connectivity index (χ1v) is 8.06. The molecule has 3 nitrogen and oxygen atoms in total. The first-order chi connectivity index (χ1) is 10.7. The Morgan fingerprint density at radius 1 is 1.09 bits per heavy atom. The van der Waals surface area contributed by atoms with Crippen molar-refractivity contribution >= 4 is 22.9 Å². The first-order valence-electron chi connectivity index (χ1n) is 7.18. The van der Waals surface area contributed by atoms with Crippen molar-refractivity contribution in [2.45, 2.75) is 12.8 Å².